The zero-order chi connectivity index (χ0) is 15.0. The summed E-state index contributed by atoms with van der Waals surface area (Å²) < 4.78 is 1.98. The third-order valence-electron chi connectivity index (χ3n) is 3.62. The molecular formula is C18H18N2O. The number of hydrogen-bond acceptors (Lipinski definition) is 1. The second-order valence-corrected chi connectivity index (χ2v) is 5.50. The monoisotopic (exact) mass is 278 g/mol. The number of aromatic nitrogens is 1. The van der Waals surface area contributed by atoms with Crippen LogP contribution >= 0.6 is 0 Å². The van der Waals surface area contributed by atoms with Crippen LogP contribution in [-0.2, 0) is 7.05 Å². The van der Waals surface area contributed by atoms with E-state index in [2.05, 4.69) is 11.4 Å². The van der Waals surface area contributed by atoms with Crippen LogP contribution in [0.1, 0.15) is 21.5 Å². The summed E-state index contributed by atoms with van der Waals surface area (Å²) in [5, 5.41) is 3.97. The number of carbonyl (C=O) groups excluding carboxylic acids is 1. The van der Waals surface area contributed by atoms with Crippen molar-refractivity contribution in [3.8, 4) is 0 Å². The fourth-order valence-corrected chi connectivity index (χ4v) is 2.77. The molecular weight excluding hydrogens is 260 g/mol. The first kappa shape index (κ1) is 13.4. The molecule has 0 aliphatic heterocycles. The van der Waals surface area contributed by atoms with Gasteiger partial charge in [0.1, 0.15) is 0 Å². The fourth-order valence-electron chi connectivity index (χ4n) is 2.77. The van der Waals surface area contributed by atoms with Gasteiger partial charge >= 0.3 is 0 Å². The van der Waals surface area contributed by atoms with Crippen LogP contribution in [0, 0.1) is 13.8 Å². The molecule has 21 heavy (non-hydrogen) atoms. The Morgan fingerprint density at radius 2 is 1.71 bits per heavy atom. The number of hydrogen-bond donors (Lipinski definition) is 1. The minimum Gasteiger partial charge on any atom is -0.350 e. The summed E-state index contributed by atoms with van der Waals surface area (Å²) in [6.45, 7) is 4.06. The number of nitrogens with one attached hydrogen (secondary N) is 1. The van der Waals surface area contributed by atoms with Crippen molar-refractivity contribution in [2.24, 2.45) is 7.05 Å². The Bertz CT molecular complexity index is 810. The van der Waals surface area contributed by atoms with Crippen molar-refractivity contribution < 1.29 is 4.79 Å². The Hall–Kier alpha value is -2.55. The van der Waals surface area contributed by atoms with Gasteiger partial charge in [-0.25, -0.2) is 0 Å². The largest absolute Gasteiger partial charge is 0.350 e. The van der Waals surface area contributed by atoms with Crippen molar-refractivity contribution in [1.82, 2.24) is 4.57 Å². The SMILES string of the molecule is Cc1cc(C)cc(NC(=O)c2cn(C)c3ccccc23)c1. The highest BCUT2D eigenvalue weighted by Crippen LogP contribution is 2.22. The van der Waals surface area contributed by atoms with Crippen LogP contribution in [0.15, 0.2) is 48.7 Å². The first-order valence-electron chi connectivity index (χ1n) is 6.98. The second-order valence-electron chi connectivity index (χ2n) is 5.50. The highest BCUT2D eigenvalue weighted by atomic mass is 16.1. The molecule has 0 fully saturated rings. The molecule has 1 amide bonds. The molecule has 0 unspecified atom stereocenters. The van der Waals surface area contributed by atoms with E-state index in [1.165, 1.54) is 0 Å². The van der Waals surface area contributed by atoms with E-state index in [4.69, 9.17) is 0 Å². The van der Waals surface area contributed by atoms with Crippen LogP contribution in [0.2, 0.25) is 0 Å². The molecule has 3 nitrogen and oxygen atoms in total. The van der Waals surface area contributed by atoms with E-state index in [9.17, 15) is 4.79 Å². The molecule has 0 atom stereocenters. The van der Waals surface area contributed by atoms with Gasteiger partial charge in [0.25, 0.3) is 5.91 Å². The van der Waals surface area contributed by atoms with Crippen molar-refractivity contribution in [2.75, 3.05) is 5.32 Å². The van der Waals surface area contributed by atoms with Crippen LogP contribution in [0.4, 0.5) is 5.69 Å². The van der Waals surface area contributed by atoms with E-state index >= 15 is 0 Å². The van der Waals surface area contributed by atoms with Crippen LogP contribution in [0.5, 0.6) is 0 Å². The Kier molecular flexibility index (Phi) is 3.26. The molecule has 3 aromatic rings. The first-order valence-corrected chi connectivity index (χ1v) is 6.98. The summed E-state index contributed by atoms with van der Waals surface area (Å²) in [7, 11) is 1.95. The number of amides is 1. The highest BCUT2D eigenvalue weighted by Gasteiger charge is 2.13. The number of aryl methyl sites for hydroxylation is 3. The lowest BCUT2D eigenvalue weighted by Crippen LogP contribution is -2.11. The molecule has 2 aromatic carbocycles. The van der Waals surface area contributed by atoms with Gasteiger partial charge in [-0.05, 0) is 43.2 Å². The van der Waals surface area contributed by atoms with E-state index in [1.807, 2.05) is 68.1 Å². The summed E-state index contributed by atoms with van der Waals surface area (Å²) in [6, 6.07) is 14.0. The number of benzene rings is 2. The van der Waals surface area contributed by atoms with Gasteiger partial charge in [-0.3, -0.25) is 4.79 Å². The molecule has 0 saturated heterocycles. The maximum Gasteiger partial charge on any atom is 0.257 e. The van der Waals surface area contributed by atoms with Gasteiger partial charge < -0.3 is 9.88 Å². The standard InChI is InChI=1S/C18H18N2O/c1-12-8-13(2)10-14(9-12)19-18(21)16-11-20(3)17-7-5-4-6-15(16)17/h4-11H,1-3H3,(H,19,21). The minimum absolute atomic E-state index is 0.0724. The van der Waals surface area contributed by atoms with E-state index in [0.29, 0.717) is 5.56 Å². The lowest BCUT2D eigenvalue weighted by molar-refractivity contribution is 0.102. The van der Waals surface area contributed by atoms with Gasteiger partial charge in [0.05, 0.1) is 5.56 Å². The zero-order valence-corrected chi connectivity index (χ0v) is 12.5. The predicted octanol–water partition coefficient (Wildman–Crippen LogP) is 4.05. The normalized spacial score (nSPS) is 10.8. The second kappa shape index (κ2) is 5.09. The van der Waals surface area contributed by atoms with Gasteiger partial charge in [-0.1, -0.05) is 24.3 Å². The Balaban J connectivity index is 1.97. The predicted molar refractivity (Wildman–Crippen MR) is 86.8 cm³/mol. The molecule has 3 rings (SSSR count). The molecule has 0 radical (unpaired) electrons. The summed E-state index contributed by atoms with van der Waals surface area (Å²) in [4.78, 5) is 12.5. The maximum atomic E-state index is 12.5. The summed E-state index contributed by atoms with van der Waals surface area (Å²) in [5.41, 5.74) is 4.88. The van der Waals surface area contributed by atoms with Crippen molar-refractivity contribution in [3.63, 3.8) is 0 Å². The van der Waals surface area contributed by atoms with E-state index in [-0.39, 0.29) is 5.91 Å². The highest BCUT2D eigenvalue weighted by molar-refractivity contribution is 6.13. The van der Waals surface area contributed by atoms with Gasteiger partial charge in [-0.2, -0.15) is 0 Å². The summed E-state index contributed by atoms with van der Waals surface area (Å²) in [6.07, 6.45) is 1.88. The quantitative estimate of drug-likeness (QED) is 0.754. The van der Waals surface area contributed by atoms with E-state index in [0.717, 1.165) is 27.7 Å². The topological polar surface area (TPSA) is 34.0 Å². The van der Waals surface area contributed by atoms with Crippen molar-refractivity contribution in [2.45, 2.75) is 13.8 Å². The number of nitrogens with zero attached hydrogens (tertiary/aromatic N) is 1. The molecule has 1 heterocycles. The van der Waals surface area contributed by atoms with Gasteiger partial charge in [-0.15, -0.1) is 0 Å². The van der Waals surface area contributed by atoms with E-state index in [1.54, 1.807) is 0 Å². The summed E-state index contributed by atoms with van der Waals surface area (Å²) in [5.74, 6) is -0.0724. The number of anilines is 1. The molecule has 0 aliphatic carbocycles. The Labute approximate surface area is 124 Å². The maximum absolute atomic E-state index is 12.5. The molecule has 0 aliphatic rings. The fraction of sp³-hybridized carbons (Fsp3) is 0.167. The number of rotatable bonds is 2. The van der Waals surface area contributed by atoms with Gasteiger partial charge in [0, 0.05) is 29.8 Å². The molecule has 1 aromatic heterocycles. The third-order valence-corrected chi connectivity index (χ3v) is 3.62. The zero-order valence-electron chi connectivity index (χ0n) is 12.5. The molecule has 3 heteroatoms. The Morgan fingerprint density at radius 1 is 1.05 bits per heavy atom. The molecule has 0 saturated carbocycles. The molecule has 1 N–H and O–H groups in total. The minimum atomic E-state index is -0.0724. The van der Waals surface area contributed by atoms with Crippen molar-refractivity contribution >= 4 is 22.5 Å². The van der Waals surface area contributed by atoms with Gasteiger partial charge in [0.15, 0.2) is 0 Å². The van der Waals surface area contributed by atoms with Crippen molar-refractivity contribution in [3.05, 3.63) is 65.4 Å². The smallest absolute Gasteiger partial charge is 0.257 e. The lowest BCUT2D eigenvalue weighted by atomic mass is 10.1. The number of carbonyl (C=O) groups is 1. The Morgan fingerprint density at radius 3 is 2.43 bits per heavy atom. The molecule has 106 valence electrons. The van der Waals surface area contributed by atoms with Crippen LogP contribution in [0.3, 0.4) is 0 Å². The number of fused-ring (bicyclic) bond motifs is 1. The summed E-state index contributed by atoms with van der Waals surface area (Å²) >= 11 is 0. The van der Waals surface area contributed by atoms with Crippen LogP contribution in [0.25, 0.3) is 10.9 Å². The number of para-hydroxylation sites is 1. The van der Waals surface area contributed by atoms with E-state index < -0.39 is 0 Å². The average Bonchev–Trinajstić information content (AvgIpc) is 2.76. The molecule has 0 spiro atoms. The average molecular weight is 278 g/mol. The van der Waals surface area contributed by atoms with Crippen LogP contribution in [-0.4, -0.2) is 10.5 Å². The van der Waals surface area contributed by atoms with Gasteiger partial charge in [0.2, 0.25) is 0 Å². The molecule has 0 bridgehead atoms. The van der Waals surface area contributed by atoms with Crippen LogP contribution < -0.4 is 5.32 Å². The first-order chi connectivity index (χ1) is 10.0. The lowest BCUT2D eigenvalue weighted by Gasteiger charge is -2.07. The van der Waals surface area contributed by atoms with Crippen molar-refractivity contribution in [1.29, 1.82) is 0 Å². The third kappa shape index (κ3) is 2.55.